The molecule has 3 unspecified atom stereocenters. The van der Waals surface area contributed by atoms with Crippen LogP contribution in [0.2, 0.25) is 0 Å². The molecule has 6 N–H and O–H groups in total. The minimum Gasteiger partial charge on any atom is -0.436 e. The van der Waals surface area contributed by atoms with Gasteiger partial charge in [-0.1, -0.05) is 24.3 Å². The Morgan fingerprint density at radius 2 is 1.60 bits per heavy atom. The zero-order valence-electron chi connectivity index (χ0n) is 35.8. The Morgan fingerprint density at radius 3 is 2.32 bits per heavy atom. The molecular formula is C44H59N7O12. The zero-order chi connectivity index (χ0) is 44.4. The van der Waals surface area contributed by atoms with Crippen molar-refractivity contribution in [2.75, 3.05) is 57.7 Å². The van der Waals surface area contributed by atoms with Crippen LogP contribution in [0.1, 0.15) is 62.1 Å². The van der Waals surface area contributed by atoms with Crippen LogP contribution in [-0.4, -0.2) is 171 Å². The Balaban J connectivity index is 0.870. The summed E-state index contributed by atoms with van der Waals surface area (Å²) in [4.78, 5) is 75.6. The molecule has 19 nitrogen and oxygen atoms in total. The molecule has 3 aromatic rings. The van der Waals surface area contributed by atoms with Crippen LogP contribution in [-0.2, 0) is 36.6 Å². The van der Waals surface area contributed by atoms with E-state index in [-0.39, 0.29) is 36.5 Å². The molecule has 5 aliphatic heterocycles. The second-order valence-corrected chi connectivity index (χ2v) is 17.5. The molecule has 19 heteroatoms. The number of urea groups is 1. The molecule has 0 bridgehead atoms. The molecule has 4 saturated heterocycles. The van der Waals surface area contributed by atoms with E-state index in [9.17, 15) is 39.3 Å². The quantitative estimate of drug-likeness (QED) is 0.169. The molecule has 6 heterocycles. The maximum absolute atomic E-state index is 14.4. The predicted octanol–water partition coefficient (Wildman–Crippen LogP) is 1.45. The maximum atomic E-state index is 14.4. The average Bonchev–Trinajstić information content (AvgIpc) is 3.58. The Kier molecular flexibility index (Phi) is 13.7. The molecule has 1 aromatic heterocycles. The van der Waals surface area contributed by atoms with E-state index in [1.54, 1.807) is 15.9 Å². The van der Waals surface area contributed by atoms with Gasteiger partial charge in [-0.15, -0.1) is 0 Å². The first kappa shape index (κ1) is 44.6. The normalized spacial score (nSPS) is 26.2. The summed E-state index contributed by atoms with van der Waals surface area (Å²) in [5, 5.41) is 36.4. The lowest BCUT2D eigenvalue weighted by molar-refractivity contribution is -0.284. The number of carbonyl (C=O) groups is 4. The molecular weight excluding hydrogens is 819 g/mol. The number of aryl methyl sites for hydroxylation is 1. The van der Waals surface area contributed by atoms with Crippen molar-refractivity contribution in [1.82, 2.24) is 29.9 Å². The largest absolute Gasteiger partial charge is 0.436 e. The van der Waals surface area contributed by atoms with Gasteiger partial charge >= 0.3 is 17.9 Å². The van der Waals surface area contributed by atoms with E-state index in [4.69, 9.17) is 18.6 Å². The van der Waals surface area contributed by atoms with Gasteiger partial charge < -0.3 is 64.2 Å². The number of hydrogen-bond acceptors (Lipinski definition) is 13. The molecule has 5 amide bonds. The average molecular weight is 878 g/mol. The number of oxazole rings is 1. The molecule has 0 radical (unpaired) electrons. The SMILES string of the molecule is CC(=O)N[C@H]1C(OC2CCN(C3CCN(C(=O)[C@@H](Cc4cc(C)c5[nH]c(=O)oc5c4)OC(=O)N4CCC(N5CCc6ccccc6NC5=O)CC4)CC3)CC2)OC(CO)[C@@H](O)C1O. The highest BCUT2D eigenvalue weighted by atomic mass is 16.7. The Bertz CT molecular complexity index is 2170. The van der Waals surface area contributed by atoms with Crippen LogP contribution in [0.15, 0.2) is 45.6 Å². The molecule has 0 saturated carbocycles. The van der Waals surface area contributed by atoms with Crippen LogP contribution in [0.4, 0.5) is 15.3 Å². The van der Waals surface area contributed by atoms with E-state index < -0.39 is 61.1 Å². The van der Waals surface area contributed by atoms with Gasteiger partial charge in [-0.3, -0.25) is 14.6 Å². The number of aliphatic hydroxyl groups excluding tert-OH is 3. The van der Waals surface area contributed by atoms with Crippen molar-refractivity contribution >= 4 is 40.7 Å². The molecule has 63 heavy (non-hydrogen) atoms. The zero-order valence-corrected chi connectivity index (χ0v) is 35.8. The fraction of sp³-hybridized carbons (Fsp3) is 0.614. The standard InChI is InChI=1S/C44H59N7O12/c1-25-21-27(22-33-36(25)47-43(58)62-33)23-34(63-44(59)50-16-10-30(11-17-50)51-20-7-28-5-3-4-6-32(28)46-42(51)57)40(56)49-14-8-29(9-15-49)48-18-12-31(13-19-48)60-41-37(45-26(2)53)39(55)38(54)35(24-52)61-41/h3-6,21-22,29-31,34-35,37-39,41,52,54-55H,7-20,23-24H2,1-2H3,(H,45,53)(H,46,57)(H,47,58)/t34-,35?,37-,38-,39?,41?/m1/s1. The lowest BCUT2D eigenvalue weighted by atomic mass is 9.96. The Labute approximate surface area is 364 Å². The summed E-state index contributed by atoms with van der Waals surface area (Å²) in [6.07, 6.45) is -2.20. The summed E-state index contributed by atoms with van der Waals surface area (Å²) in [5.74, 6) is -1.30. The number of anilines is 1. The lowest BCUT2D eigenvalue weighted by Gasteiger charge is -2.45. The summed E-state index contributed by atoms with van der Waals surface area (Å²) in [5.41, 5.74) is 4.27. The van der Waals surface area contributed by atoms with Crippen LogP contribution in [0.3, 0.4) is 0 Å². The van der Waals surface area contributed by atoms with E-state index >= 15 is 0 Å². The van der Waals surface area contributed by atoms with Gasteiger partial charge in [-0.05, 0) is 80.7 Å². The number of hydrogen-bond donors (Lipinski definition) is 6. The van der Waals surface area contributed by atoms with Gasteiger partial charge in [0, 0.05) is 76.9 Å². The second-order valence-electron chi connectivity index (χ2n) is 17.5. The van der Waals surface area contributed by atoms with Crippen LogP contribution < -0.4 is 16.4 Å². The van der Waals surface area contributed by atoms with Crippen molar-refractivity contribution < 1.29 is 53.1 Å². The van der Waals surface area contributed by atoms with Crippen molar-refractivity contribution in [3.8, 4) is 0 Å². The number of carbonyl (C=O) groups excluding carboxylic acids is 4. The second kappa shape index (κ2) is 19.4. The molecule has 6 atom stereocenters. The van der Waals surface area contributed by atoms with Crippen LogP contribution in [0, 0.1) is 6.92 Å². The highest BCUT2D eigenvalue weighted by Gasteiger charge is 2.46. The summed E-state index contributed by atoms with van der Waals surface area (Å²) in [7, 11) is 0. The van der Waals surface area contributed by atoms with Gasteiger partial charge in [-0.25, -0.2) is 14.4 Å². The van der Waals surface area contributed by atoms with Gasteiger partial charge in [0.15, 0.2) is 18.0 Å². The molecule has 2 aromatic carbocycles. The molecule has 0 aliphatic carbocycles. The highest BCUT2D eigenvalue weighted by molar-refractivity contribution is 5.91. The number of aliphatic hydroxyl groups is 3. The van der Waals surface area contributed by atoms with Crippen molar-refractivity contribution in [3.05, 3.63) is 63.6 Å². The minimum atomic E-state index is -1.39. The lowest BCUT2D eigenvalue weighted by Crippen LogP contribution is -2.65. The van der Waals surface area contributed by atoms with Gasteiger partial charge in [-0.2, -0.15) is 0 Å². The maximum Gasteiger partial charge on any atom is 0.417 e. The summed E-state index contributed by atoms with van der Waals surface area (Å²) >= 11 is 0. The van der Waals surface area contributed by atoms with E-state index in [0.29, 0.717) is 101 Å². The number of piperidine rings is 3. The fourth-order valence-corrected chi connectivity index (χ4v) is 9.91. The van der Waals surface area contributed by atoms with Gasteiger partial charge in [0.05, 0.1) is 18.2 Å². The number of benzene rings is 2. The monoisotopic (exact) mass is 877 g/mol. The Morgan fingerprint density at radius 1 is 0.905 bits per heavy atom. The van der Waals surface area contributed by atoms with E-state index in [1.807, 2.05) is 42.2 Å². The number of amides is 5. The number of aromatic nitrogens is 1. The van der Waals surface area contributed by atoms with Crippen LogP contribution in [0.5, 0.6) is 0 Å². The number of fused-ring (bicyclic) bond motifs is 2. The third-order valence-corrected chi connectivity index (χ3v) is 13.4. The van der Waals surface area contributed by atoms with Crippen molar-refractivity contribution in [2.24, 2.45) is 0 Å². The van der Waals surface area contributed by atoms with Gasteiger partial charge in [0.2, 0.25) is 5.91 Å². The number of H-pyrrole nitrogens is 1. The summed E-state index contributed by atoms with van der Waals surface area (Å²) in [6.45, 7) is 6.26. The topological polar surface area (TPSA) is 240 Å². The van der Waals surface area contributed by atoms with Crippen molar-refractivity contribution in [3.63, 3.8) is 0 Å². The van der Waals surface area contributed by atoms with Gasteiger partial charge in [0.1, 0.15) is 24.4 Å². The van der Waals surface area contributed by atoms with Crippen LogP contribution >= 0.6 is 0 Å². The molecule has 8 rings (SSSR count). The Hall–Kier alpha value is -5.05. The molecule has 5 aliphatic rings. The molecule has 0 spiro atoms. The first-order valence-corrected chi connectivity index (χ1v) is 22.2. The molecule has 342 valence electrons. The summed E-state index contributed by atoms with van der Waals surface area (Å²) < 4.78 is 23.5. The highest BCUT2D eigenvalue weighted by Crippen LogP contribution is 2.30. The number of rotatable bonds is 10. The van der Waals surface area contributed by atoms with E-state index in [0.717, 1.165) is 23.2 Å². The first-order valence-electron chi connectivity index (χ1n) is 22.2. The number of nitrogens with zero attached hydrogens (tertiary/aromatic N) is 4. The number of likely N-dealkylation sites (tertiary alicyclic amines) is 3. The van der Waals surface area contributed by atoms with Gasteiger partial charge in [0.25, 0.3) is 5.91 Å². The smallest absolute Gasteiger partial charge is 0.417 e. The third kappa shape index (κ3) is 10.0. The van der Waals surface area contributed by atoms with Crippen LogP contribution in [0.25, 0.3) is 11.1 Å². The summed E-state index contributed by atoms with van der Waals surface area (Å²) in [6, 6.07) is 10.3. The number of ether oxygens (including phenoxy) is 3. The number of aromatic amines is 1. The van der Waals surface area contributed by atoms with Crippen molar-refractivity contribution in [2.45, 2.75) is 120 Å². The minimum absolute atomic E-state index is 0.0527. The van der Waals surface area contributed by atoms with Crippen molar-refractivity contribution in [1.29, 1.82) is 0 Å². The third-order valence-electron chi connectivity index (χ3n) is 13.4. The number of para-hydroxylation sites is 1. The number of nitrogens with one attached hydrogen (secondary N) is 3. The first-order chi connectivity index (χ1) is 30.3. The van der Waals surface area contributed by atoms with E-state index in [1.165, 1.54) is 6.92 Å². The predicted molar refractivity (Wildman–Crippen MR) is 227 cm³/mol. The van der Waals surface area contributed by atoms with E-state index in [2.05, 4.69) is 20.5 Å². The fourth-order valence-electron chi connectivity index (χ4n) is 9.91. The molecule has 4 fully saturated rings.